The zero-order valence-electron chi connectivity index (χ0n) is 12.1. The van der Waals surface area contributed by atoms with Crippen LogP contribution < -0.4 is 5.32 Å². The van der Waals surface area contributed by atoms with E-state index in [4.69, 9.17) is 0 Å². The van der Waals surface area contributed by atoms with E-state index in [0.717, 1.165) is 6.42 Å². The van der Waals surface area contributed by atoms with Gasteiger partial charge in [0, 0.05) is 32.7 Å². The molecule has 0 aromatic heterocycles. The van der Waals surface area contributed by atoms with E-state index in [1.807, 2.05) is 18.7 Å². The highest BCUT2D eigenvalue weighted by Crippen LogP contribution is 2.10. The lowest BCUT2D eigenvalue weighted by molar-refractivity contribution is -0.126. The van der Waals surface area contributed by atoms with Gasteiger partial charge in [0.1, 0.15) is 0 Å². The third kappa shape index (κ3) is 4.43. The van der Waals surface area contributed by atoms with E-state index in [2.05, 4.69) is 5.32 Å². The molecule has 1 rings (SSSR count). The molecule has 112 valence electrons. The molecule has 0 aromatic rings. The van der Waals surface area contributed by atoms with Gasteiger partial charge in [-0.25, -0.2) is 8.42 Å². The molecule has 6 nitrogen and oxygen atoms in total. The van der Waals surface area contributed by atoms with Crippen molar-refractivity contribution in [3.8, 4) is 0 Å². The van der Waals surface area contributed by atoms with Crippen molar-refractivity contribution in [1.82, 2.24) is 14.5 Å². The van der Waals surface area contributed by atoms with Crippen molar-refractivity contribution >= 4 is 15.9 Å². The summed E-state index contributed by atoms with van der Waals surface area (Å²) in [5.74, 6) is 0.160. The van der Waals surface area contributed by atoms with Crippen molar-refractivity contribution in [2.24, 2.45) is 0 Å². The van der Waals surface area contributed by atoms with E-state index in [1.165, 1.54) is 4.31 Å². The minimum absolute atomic E-state index is 0.0219. The second kappa shape index (κ2) is 7.21. The smallest absolute Gasteiger partial charge is 0.237 e. The fourth-order valence-corrected chi connectivity index (χ4v) is 3.20. The summed E-state index contributed by atoms with van der Waals surface area (Å²) in [4.78, 5) is 13.9. The molecule has 1 amide bonds. The number of nitrogens with zero attached hydrogens (tertiary/aromatic N) is 2. The number of piperazine rings is 1. The fourth-order valence-electron chi connectivity index (χ4n) is 2.11. The number of carbonyl (C=O) groups is 1. The van der Waals surface area contributed by atoms with Crippen LogP contribution in [0, 0.1) is 0 Å². The van der Waals surface area contributed by atoms with Crippen molar-refractivity contribution in [2.75, 3.05) is 38.5 Å². The molecule has 1 atom stereocenters. The van der Waals surface area contributed by atoms with Gasteiger partial charge in [-0.3, -0.25) is 9.69 Å². The van der Waals surface area contributed by atoms with Crippen LogP contribution in [0.2, 0.25) is 0 Å². The average molecular weight is 291 g/mol. The Bertz CT molecular complexity index is 389. The van der Waals surface area contributed by atoms with Crippen molar-refractivity contribution in [3.05, 3.63) is 0 Å². The molecule has 1 unspecified atom stereocenters. The Morgan fingerprint density at radius 1 is 1.21 bits per heavy atom. The van der Waals surface area contributed by atoms with Crippen molar-refractivity contribution < 1.29 is 13.2 Å². The Morgan fingerprint density at radius 2 is 1.79 bits per heavy atom. The van der Waals surface area contributed by atoms with Gasteiger partial charge >= 0.3 is 0 Å². The zero-order valence-corrected chi connectivity index (χ0v) is 12.9. The summed E-state index contributed by atoms with van der Waals surface area (Å²) in [6, 6.07) is -0.196. The second-order valence-electron chi connectivity index (χ2n) is 4.80. The maximum atomic E-state index is 11.9. The highest BCUT2D eigenvalue weighted by atomic mass is 32.2. The molecule has 19 heavy (non-hydrogen) atoms. The fraction of sp³-hybridized carbons (Fsp3) is 0.917. The summed E-state index contributed by atoms with van der Waals surface area (Å²) in [5.41, 5.74) is 0. The first-order valence-electron chi connectivity index (χ1n) is 6.92. The van der Waals surface area contributed by atoms with Crippen LogP contribution in [0.15, 0.2) is 0 Å². The van der Waals surface area contributed by atoms with E-state index in [1.54, 1.807) is 6.92 Å². The standard InChI is InChI=1S/C12H25N3O3S/c1-4-6-13-12(16)11(3)14-7-9-15(10-8-14)19(17,18)5-2/h11H,4-10H2,1-3H3,(H,13,16). The molecule has 0 aliphatic carbocycles. The quantitative estimate of drug-likeness (QED) is 0.740. The predicted octanol–water partition coefficient (Wildman–Crippen LogP) is -0.132. The van der Waals surface area contributed by atoms with Gasteiger partial charge in [-0.2, -0.15) is 4.31 Å². The van der Waals surface area contributed by atoms with Gasteiger partial charge in [0.25, 0.3) is 0 Å². The van der Waals surface area contributed by atoms with Crippen molar-refractivity contribution in [2.45, 2.75) is 33.2 Å². The van der Waals surface area contributed by atoms with E-state index < -0.39 is 10.0 Å². The summed E-state index contributed by atoms with van der Waals surface area (Å²) in [7, 11) is -3.10. The van der Waals surface area contributed by atoms with Crippen LogP contribution in [-0.4, -0.2) is 68.0 Å². The van der Waals surface area contributed by atoms with Gasteiger partial charge < -0.3 is 5.32 Å². The SMILES string of the molecule is CCCNC(=O)C(C)N1CCN(S(=O)(=O)CC)CC1. The third-order valence-electron chi connectivity index (χ3n) is 3.51. The van der Waals surface area contributed by atoms with Gasteiger partial charge in [0.05, 0.1) is 11.8 Å². The summed E-state index contributed by atoms with van der Waals surface area (Å²) < 4.78 is 25.0. The van der Waals surface area contributed by atoms with Crippen LogP contribution in [0.1, 0.15) is 27.2 Å². The third-order valence-corrected chi connectivity index (χ3v) is 5.39. The normalized spacial score (nSPS) is 20.2. The molecule has 1 heterocycles. The van der Waals surface area contributed by atoms with E-state index in [9.17, 15) is 13.2 Å². The molecule has 7 heteroatoms. The summed E-state index contributed by atoms with van der Waals surface area (Å²) >= 11 is 0. The van der Waals surface area contributed by atoms with Gasteiger partial charge in [-0.1, -0.05) is 6.92 Å². The molecule has 0 saturated carbocycles. The first kappa shape index (κ1) is 16.4. The zero-order chi connectivity index (χ0) is 14.5. The van der Waals surface area contributed by atoms with Crippen molar-refractivity contribution in [1.29, 1.82) is 0 Å². The van der Waals surface area contributed by atoms with Crippen LogP contribution in [0.3, 0.4) is 0 Å². The van der Waals surface area contributed by atoms with Gasteiger partial charge in [0.2, 0.25) is 15.9 Å². The topological polar surface area (TPSA) is 69.7 Å². The van der Waals surface area contributed by atoms with E-state index >= 15 is 0 Å². The molecule has 0 spiro atoms. The highest BCUT2D eigenvalue weighted by molar-refractivity contribution is 7.89. The van der Waals surface area contributed by atoms with Crippen LogP contribution >= 0.6 is 0 Å². The molecule has 1 fully saturated rings. The number of rotatable bonds is 6. The Morgan fingerprint density at radius 3 is 2.26 bits per heavy atom. The predicted molar refractivity (Wildman–Crippen MR) is 75.4 cm³/mol. The van der Waals surface area contributed by atoms with Crippen LogP contribution in [0.4, 0.5) is 0 Å². The Balaban J connectivity index is 2.47. The second-order valence-corrected chi connectivity index (χ2v) is 7.06. The lowest BCUT2D eigenvalue weighted by Gasteiger charge is -2.36. The van der Waals surface area contributed by atoms with Crippen LogP contribution in [0.5, 0.6) is 0 Å². The Labute approximate surface area is 116 Å². The Hall–Kier alpha value is -0.660. The molecule has 0 radical (unpaired) electrons. The molecule has 1 aliphatic rings. The largest absolute Gasteiger partial charge is 0.355 e. The minimum atomic E-state index is -3.10. The number of hydrogen-bond acceptors (Lipinski definition) is 4. The first-order valence-corrected chi connectivity index (χ1v) is 8.52. The van der Waals surface area contributed by atoms with Gasteiger partial charge in [0.15, 0.2) is 0 Å². The number of nitrogens with one attached hydrogen (secondary N) is 1. The molecule has 0 bridgehead atoms. The maximum Gasteiger partial charge on any atom is 0.237 e. The van der Waals surface area contributed by atoms with Crippen molar-refractivity contribution in [3.63, 3.8) is 0 Å². The summed E-state index contributed by atoms with van der Waals surface area (Å²) in [5, 5.41) is 2.87. The number of hydrogen-bond donors (Lipinski definition) is 1. The molecular formula is C12H25N3O3S. The van der Waals surface area contributed by atoms with Crippen LogP contribution in [-0.2, 0) is 14.8 Å². The molecular weight excluding hydrogens is 266 g/mol. The first-order chi connectivity index (χ1) is 8.92. The number of carbonyl (C=O) groups excluding carboxylic acids is 1. The molecule has 0 aromatic carbocycles. The van der Waals surface area contributed by atoms with E-state index in [0.29, 0.717) is 32.7 Å². The monoisotopic (exact) mass is 291 g/mol. The highest BCUT2D eigenvalue weighted by Gasteiger charge is 2.29. The molecule has 1 saturated heterocycles. The Kier molecular flexibility index (Phi) is 6.22. The van der Waals surface area contributed by atoms with Gasteiger partial charge in [-0.15, -0.1) is 0 Å². The minimum Gasteiger partial charge on any atom is -0.355 e. The van der Waals surface area contributed by atoms with Gasteiger partial charge in [-0.05, 0) is 20.3 Å². The lowest BCUT2D eigenvalue weighted by Crippen LogP contribution is -2.55. The summed E-state index contributed by atoms with van der Waals surface area (Å²) in [6.45, 7) is 8.40. The average Bonchev–Trinajstić information content (AvgIpc) is 2.44. The number of sulfonamides is 1. The molecule has 1 N–H and O–H groups in total. The summed E-state index contributed by atoms with van der Waals surface area (Å²) in [6.07, 6.45) is 0.918. The molecule has 1 aliphatic heterocycles. The lowest BCUT2D eigenvalue weighted by atomic mass is 10.2. The van der Waals surface area contributed by atoms with Crippen LogP contribution in [0.25, 0.3) is 0 Å². The van der Waals surface area contributed by atoms with E-state index in [-0.39, 0.29) is 17.7 Å². The number of amides is 1. The maximum absolute atomic E-state index is 11.9.